The number of hydrogen-bond acceptors (Lipinski definition) is 6. The average molecular weight is 513 g/mol. The van der Waals surface area contributed by atoms with Crippen molar-refractivity contribution in [3.05, 3.63) is 35.9 Å². The summed E-state index contributed by atoms with van der Waals surface area (Å²) in [5.74, 6) is -1.40. The van der Waals surface area contributed by atoms with Gasteiger partial charge in [-0.05, 0) is 51.0 Å². The lowest BCUT2D eigenvalue weighted by atomic mass is 9.89. The maximum absolute atomic E-state index is 13.6. The van der Waals surface area contributed by atoms with Gasteiger partial charge in [-0.25, -0.2) is 0 Å². The van der Waals surface area contributed by atoms with Crippen molar-refractivity contribution in [2.24, 2.45) is 11.8 Å². The average Bonchev–Trinajstić information content (AvgIpc) is 3.40. The first-order valence-electron chi connectivity index (χ1n) is 13.3. The number of hydrogen-bond donors (Lipinski definition) is 1. The van der Waals surface area contributed by atoms with Gasteiger partial charge >= 0.3 is 0 Å². The first kappa shape index (κ1) is 28.7. The summed E-state index contributed by atoms with van der Waals surface area (Å²) in [7, 11) is 0. The summed E-state index contributed by atoms with van der Waals surface area (Å²) in [5.41, 5.74) is 0.0582. The van der Waals surface area contributed by atoms with Crippen LogP contribution in [0.2, 0.25) is 0 Å². The number of amides is 2. The number of nitrogens with one attached hydrogen (secondary N) is 1. The van der Waals surface area contributed by atoms with Crippen molar-refractivity contribution in [2.45, 2.75) is 90.3 Å². The van der Waals surface area contributed by atoms with Crippen LogP contribution < -0.4 is 5.32 Å². The third-order valence-electron chi connectivity index (χ3n) is 7.22. The van der Waals surface area contributed by atoms with Crippen LogP contribution in [-0.2, 0) is 35.1 Å². The van der Waals surface area contributed by atoms with Gasteiger partial charge in [0.25, 0.3) is 0 Å². The molecule has 2 heterocycles. The van der Waals surface area contributed by atoms with Crippen molar-refractivity contribution in [1.29, 1.82) is 0 Å². The molecule has 0 spiro atoms. The smallest absolute Gasteiger partial charge is 0.224 e. The molecule has 0 aromatic heterocycles. The van der Waals surface area contributed by atoms with E-state index in [0.29, 0.717) is 38.8 Å². The van der Waals surface area contributed by atoms with Crippen LogP contribution in [0.25, 0.3) is 0 Å². The molecule has 3 rings (SSSR count). The van der Waals surface area contributed by atoms with Crippen LogP contribution >= 0.6 is 0 Å². The van der Waals surface area contributed by atoms with Crippen molar-refractivity contribution < 1.29 is 28.7 Å². The molecule has 2 aliphatic rings. The highest BCUT2D eigenvalue weighted by Gasteiger charge is 2.50. The number of epoxide rings is 1. The molecule has 0 radical (unpaired) electrons. The molecule has 0 bridgehead atoms. The topological polar surface area (TPSA) is 113 Å². The monoisotopic (exact) mass is 512 g/mol. The van der Waals surface area contributed by atoms with Gasteiger partial charge < -0.3 is 19.7 Å². The van der Waals surface area contributed by atoms with Crippen molar-refractivity contribution >= 4 is 29.2 Å². The SMILES string of the molecule is CC(=O)CCC(=O)N1CCC[C@H]1C(=O)C[C@@H](Cc1ccccc1)C(=O)N[C@@H](CC(C)C)C(=O)[C@@]1(C)CO1. The van der Waals surface area contributed by atoms with Gasteiger partial charge in [-0.1, -0.05) is 44.2 Å². The molecule has 2 fully saturated rings. The molecule has 0 unspecified atom stereocenters. The second-order valence-corrected chi connectivity index (χ2v) is 11.1. The van der Waals surface area contributed by atoms with Gasteiger partial charge in [0.2, 0.25) is 11.8 Å². The van der Waals surface area contributed by atoms with Gasteiger partial charge in [-0.15, -0.1) is 0 Å². The van der Waals surface area contributed by atoms with Crippen LogP contribution in [0, 0.1) is 11.8 Å². The fourth-order valence-corrected chi connectivity index (χ4v) is 4.97. The molecule has 1 aromatic carbocycles. The molecular formula is C29H40N2O6. The number of nitrogens with zero attached hydrogens (tertiary/aromatic N) is 1. The Kier molecular flexibility index (Phi) is 9.76. The Balaban J connectivity index is 1.75. The maximum Gasteiger partial charge on any atom is 0.224 e. The molecule has 4 atom stereocenters. The molecule has 1 N–H and O–H groups in total. The molecule has 37 heavy (non-hydrogen) atoms. The summed E-state index contributed by atoms with van der Waals surface area (Å²) in [6.07, 6.45) is 2.31. The molecule has 202 valence electrons. The number of benzene rings is 1. The van der Waals surface area contributed by atoms with E-state index in [1.807, 2.05) is 44.2 Å². The lowest BCUT2D eigenvalue weighted by molar-refractivity contribution is -0.139. The number of ether oxygens (including phenoxy) is 1. The maximum atomic E-state index is 13.6. The van der Waals surface area contributed by atoms with Crippen LogP contribution in [0.15, 0.2) is 30.3 Å². The van der Waals surface area contributed by atoms with Gasteiger partial charge in [-0.2, -0.15) is 0 Å². The summed E-state index contributed by atoms with van der Waals surface area (Å²) >= 11 is 0. The van der Waals surface area contributed by atoms with Crippen LogP contribution in [0.4, 0.5) is 0 Å². The van der Waals surface area contributed by atoms with E-state index in [4.69, 9.17) is 4.74 Å². The zero-order valence-electron chi connectivity index (χ0n) is 22.5. The number of carbonyl (C=O) groups excluding carboxylic acids is 5. The van der Waals surface area contributed by atoms with Crippen LogP contribution in [0.1, 0.15) is 71.8 Å². The van der Waals surface area contributed by atoms with Crippen molar-refractivity contribution in [1.82, 2.24) is 10.2 Å². The third-order valence-corrected chi connectivity index (χ3v) is 7.22. The quantitative estimate of drug-likeness (QED) is 0.383. The standard InChI is InChI=1S/C29H40N2O6/c1-19(2)15-23(27(35)29(4)18-37-29)30-28(36)22(16-21-9-6-5-7-10-21)17-25(33)24-11-8-14-31(24)26(34)13-12-20(3)32/h5-7,9-10,19,22-24H,8,11-18H2,1-4H3,(H,30,36)/t22-,23+,24+,29-/m1/s1. The Morgan fingerprint density at radius 3 is 2.38 bits per heavy atom. The molecular weight excluding hydrogens is 472 g/mol. The van der Waals surface area contributed by atoms with E-state index in [1.165, 1.54) is 6.92 Å². The van der Waals surface area contributed by atoms with Gasteiger partial charge in [-0.3, -0.25) is 19.2 Å². The van der Waals surface area contributed by atoms with E-state index in [0.717, 1.165) is 5.56 Å². The Morgan fingerprint density at radius 1 is 1.11 bits per heavy atom. The van der Waals surface area contributed by atoms with E-state index in [2.05, 4.69) is 5.32 Å². The predicted molar refractivity (Wildman–Crippen MR) is 139 cm³/mol. The minimum atomic E-state index is -0.859. The largest absolute Gasteiger partial charge is 0.361 e. The van der Waals surface area contributed by atoms with E-state index in [-0.39, 0.29) is 54.3 Å². The number of ketones is 3. The number of likely N-dealkylation sites (tertiary alicyclic amines) is 1. The normalized spacial score (nSPS) is 22.4. The lowest BCUT2D eigenvalue weighted by Gasteiger charge is -2.27. The summed E-state index contributed by atoms with van der Waals surface area (Å²) in [6, 6.07) is 8.20. The zero-order chi connectivity index (χ0) is 27.2. The highest BCUT2D eigenvalue weighted by atomic mass is 16.6. The summed E-state index contributed by atoms with van der Waals surface area (Å²) in [6.45, 7) is 7.98. The highest BCUT2D eigenvalue weighted by molar-refractivity contribution is 5.98. The summed E-state index contributed by atoms with van der Waals surface area (Å²) in [5, 5.41) is 2.94. The molecule has 8 nitrogen and oxygen atoms in total. The second kappa shape index (κ2) is 12.6. The van der Waals surface area contributed by atoms with Crippen molar-refractivity contribution in [3.8, 4) is 0 Å². The van der Waals surface area contributed by atoms with Gasteiger partial charge in [0.05, 0.1) is 18.7 Å². The first-order chi connectivity index (χ1) is 17.5. The van der Waals surface area contributed by atoms with Crippen molar-refractivity contribution in [3.63, 3.8) is 0 Å². The van der Waals surface area contributed by atoms with Crippen LogP contribution in [-0.4, -0.2) is 64.9 Å². The van der Waals surface area contributed by atoms with E-state index < -0.39 is 23.6 Å². The Labute approximate surface area is 219 Å². The first-order valence-corrected chi connectivity index (χ1v) is 13.3. The van der Waals surface area contributed by atoms with Gasteiger partial charge in [0.1, 0.15) is 11.4 Å². The minimum Gasteiger partial charge on any atom is -0.361 e. The molecule has 2 saturated heterocycles. The second-order valence-electron chi connectivity index (χ2n) is 11.1. The fourth-order valence-electron chi connectivity index (χ4n) is 4.97. The lowest BCUT2D eigenvalue weighted by Crippen LogP contribution is -2.49. The predicted octanol–water partition coefficient (Wildman–Crippen LogP) is 3.05. The van der Waals surface area contributed by atoms with Gasteiger partial charge in [0.15, 0.2) is 11.6 Å². The highest BCUT2D eigenvalue weighted by Crippen LogP contribution is 2.30. The number of Topliss-reactive ketones (excluding diaryl/α,β-unsaturated/α-hetero) is 3. The Morgan fingerprint density at radius 2 is 1.78 bits per heavy atom. The van der Waals surface area contributed by atoms with E-state index in [1.54, 1.807) is 11.8 Å². The minimum absolute atomic E-state index is 0.0295. The molecule has 2 aliphatic heterocycles. The Hall–Kier alpha value is -2.87. The van der Waals surface area contributed by atoms with Crippen molar-refractivity contribution in [2.75, 3.05) is 13.2 Å². The summed E-state index contributed by atoms with van der Waals surface area (Å²) < 4.78 is 5.35. The number of rotatable bonds is 14. The zero-order valence-corrected chi connectivity index (χ0v) is 22.5. The van der Waals surface area contributed by atoms with Crippen LogP contribution in [0.5, 0.6) is 0 Å². The molecule has 8 heteroatoms. The third kappa shape index (κ3) is 8.06. The molecule has 2 amide bonds. The Bertz CT molecular complexity index is 1000. The molecule has 0 saturated carbocycles. The van der Waals surface area contributed by atoms with E-state index in [9.17, 15) is 24.0 Å². The van der Waals surface area contributed by atoms with Crippen LogP contribution in [0.3, 0.4) is 0 Å². The fraction of sp³-hybridized carbons (Fsp3) is 0.621. The van der Waals surface area contributed by atoms with Gasteiger partial charge in [0, 0.05) is 31.7 Å². The number of carbonyl (C=O) groups is 5. The summed E-state index contributed by atoms with van der Waals surface area (Å²) in [4.78, 5) is 65.7. The van der Waals surface area contributed by atoms with E-state index >= 15 is 0 Å². The molecule has 1 aromatic rings. The molecule has 0 aliphatic carbocycles.